The maximum atomic E-state index is 13.5. The third-order valence-corrected chi connectivity index (χ3v) is 5.77. The zero-order valence-corrected chi connectivity index (χ0v) is 17.2. The third-order valence-electron chi connectivity index (χ3n) is 5.34. The number of aliphatic hydroxyl groups excluding tert-OH is 1. The normalized spacial score (nSPS) is 16.7. The molecule has 0 spiro atoms. The Hall–Kier alpha value is -1.98. The molecule has 0 aliphatic carbocycles. The highest BCUT2D eigenvalue weighted by atomic mass is 35.5. The van der Waals surface area contributed by atoms with Crippen LogP contribution >= 0.6 is 23.2 Å². The van der Waals surface area contributed by atoms with Gasteiger partial charge >= 0.3 is 0 Å². The summed E-state index contributed by atoms with van der Waals surface area (Å²) in [6.45, 7) is 1.77. The van der Waals surface area contributed by atoms with E-state index in [-0.39, 0.29) is 11.9 Å². The van der Waals surface area contributed by atoms with Crippen LogP contribution in [-0.2, 0) is 0 Å². The van der Waals surface area contributed by atoms with E-state index in [0.29, 0.717) is 21.3 Å². The predicted molar refractivity (Wildman–Crippen MR) is 115 cm³/mol. The van der Waals surface area contributed by atoms with E-state index in [1.807, 2.05) is 6.07 Å². The van der Waals surface area contributed by atoms with Gasteiger partial charge in [-0.05, 0) is 67.9 Å². The second kappa shape index (κ2) is 8.80. The van der Waals surface area contributed by atoms with Gasteiger partial charge < -0.3 is 5.11 Å². The smallest absolute Gasteiger partial charge is 0.123 e. The Bertz CT molecular complexity index is 970. The third kappa shape index (κ3) is 4.46. The second-order valence-corrected chi connectivity index (χ2v) is 8.16. The van der Waals surface area contributed by atoms with Crippen molar-refractivity contribution in [2.24, 2.45) is 0 Å². The van der Waals surface area contributed by atoms with Gasteiger partial charge in [0.2, 0.25) is 0 Å². The first kappa shape index (κ1) is 20.3. The molecule has 2 heterocycles. The first-order chi connectivity index (χ1) is 14.0. The Labute approximate surface area is 179 Å². The fraction of sp³-hybridized carbons (Fsp3) is 0.261. The summed E-state index contributed by atoms with van der Waals surface area (Å²) >= 11 is 12.4. The largest absolute Gasteiger partial charge is 0.386 e. The molecule has 150 valence electrons. The Morgan fingerprint density at radius 2 is 1.62 bits per heavy atom. The minimum absolute atomic E-state index is 0.293. The van der Waals surface area contributed by atoms with Crippen molar-refractivity contribution in [3.05, 3.63) is 87.8 Å². The van der Waals surface area contributed by atoms with E-state index in [1.54, 1.807) is 42.6 Å². The molecule has 3 nitrogen and oxygen atoms in total. The zero-order valence-electron chi connectivity index (χ0n) is 15.7. The van der Waals surface area contributed by atoms with Crippen LogP contribution in [0.1, 0.15) is 36.1 Å². The van der Waals surface area contributed by atoms with E-state index in [9.17, 15) is 9.50 Å². The van der Waals surface area contributed by atoms with Crippen molar-refractivity contribution in [3.8, 4) is 11.3 Å². The van der Waals surface area contributed by atoms with Gasteiger partial charge in [-0.3, -0.25) is 9.88 Å². The van der Waals surface area contributed by atoms with E-state index in [2.05, 4.69) is 9.88 Å². The summed E-state index contributed by atoms with van der Waals surface area (Å²) in [5, 5.41) is 12.5. The molecule has 0 amide bonds. The average Bonchev–Trinajstić information content (AvgIpc) is 3.23. The van der Waals surface area contributed by atoms with Gasteiger partial charge in [0.15, 0.2) is 0 Å². The molecule has 1 N–H and O–H groups in total. The molecule has 4 rings (SSSR count). The highest BCUT2D eigenvalue weighted by molar-refractivity contribution is 6.35. The SMILES string of the molecule is OC(c1cccnc1-c1cc(Cl)cc(Cl)c1)C(c1ccc(F)cc1)N1CCCC1. The molecular weight excluding hydrogens is 410 g/mol. The molecule has 3 aromatic rings. The van der Waals surface area contributed by atoms with Gasteiger partial charge in [-0.2, -0.15) is 0 Å². The number of hydrogen-bond donors (Lipinski definition) is 1. The molecule has 1 aliphatic rings. The van der Waals surface area contributed by atoms with Crippen molar-refractivity contribution in [3.63, 3.8) is 0 Å². The van der Waals surface area contributed by atoms with Crippen molar-refractivity contribution in [1.29, 1.82) is 0 Å². The monoisotopic (exact) mass is 430 g/mol. The molecule has 1 saturated heterocycles. The van der Waals surface area contributed by atoms with E-state index in [1.165, 1.54) is 12.1 Å². The first-order valence-electron chi connectivity index (χ1n) is 9.62. The molecule has 2 unspecified atom stereocenters. The van der Waals surface area contributed by atoms with Gasteiger partial charge in [-0.1, -0.05) is 41.4 Å². The number of aliphatic hydroxyl groups is 1. The van der Waals surface area contributed by atoms with Crippen LogP contribution < -0.4 is 0 Å². The zero-order chi connectivity index (χ0) is 20.4. The number of aromatic nitrogens is 1. The Morgan fingerprint density at radius 1 is 0.966 bits per heavy atom. The Morgan fingerprint density at radius 3 is 2.28 bits per heavy atom. The van der Waals surface area contributed by atoms with Crippen molar-refractivity contribution in [2.75, 3.05) is 13.1 Å². The van der Waals surface area contributed by atoms with E-state index in [4.69, 9.17) is 23.2 Å². The van der Waals surface area contributed by atoms with Crippen molar-refractivity contribution in [1.82, 2.24) is 9.88 Å². The Balaban J connectivity index is 1.78. The summed E-state index contributed by atoms with van der Waals surface area (Å²) in [4.78, 5) is 6.76. The van der Waals surface area contributed by atoms with Gasteiger partial charge in [0, 0.05) is 27.4 Å². The lowest BCUT2D eigenvalue weighted by atomic mass is 9.92. The number of pyridine rings is 1. The fourth-order valence-electron chi connectivity index (χ4n) is 4.03. The maximum Gasteiger partial charge on any atom is 0.123 e. The van der Waals surface area contributed by atoms with Crippen LogP contribution in [0.2, 0.25) is 10.0 Å². The summed E-state index contributed by atoms with van der Waals surface area (Å²) in [5.41, 5.74) is 2.94. The standard InChI is InChI=1S/C23H21Cl2FN2O/c24-17-12-16(13-18(25)14-17)21-20(4-3-9-27-21)23(29)22(28-10-1-2-11-28)15-5-7-19(26)8-6-15/h3-9,12-14,22-23,29H,1-2,10-11H2. The molecule has 1 aliphatic heterocycles. The van der Waals surface area contributed by atoms with E-state index >= 15 is 0 Å². The molecular formula is C23H21Cl2FN2O. The van der Waals surface area contributed by atoms with E-state index < -0.39 is 6.10 Å². The molecule has 2 aromatic carbocycles. The quantitative estimate of drug-likeness (QED) is 0.533. The van der Waals surface area contributed by atoms with Crippen LogP contribution in [0.15, 0.2) is 60.8 Å². The van der Waals surface area contributed by atoms with Crippen molar-refractivity contribution < 1.29 is 9.50 Å². The summed E-state index contributed by atoms with van der Waals surface area (Å²) in [7, 11) is 0. The van der Waals surface area contributed by atoms with Gasteiger partial charge in [0.25, 0.3) is 0 Å². The predicted octanol–water partition coefficient (Wildman–Crippen LogP) is 6.07. The van der Waals surface area contributed by atoms with Crippen molar-refractivity contribution >= 4 is 23.2 Å². The van der Waals surface area contributed by atoms with Gasteiger partial charge in [-0.25, -0.2) is 4.39 Å². The molecule has 29 heavy (non-hydrogen) atoms. The number of hydrogen-bond acceptors (Lipinski definition) is 3. The Kier molecular flexibility index (Phi) is 6.16. The lowest BCUT2D eigenvalue weighted by molar-refractivity contribution is 0.0609. The summed E-state index contributed by atoms with van der Waals surface area (Å²) in [6, 6.07) is 15.0. The summed E-state index contributed by atoms with van der Waals surface area (Å²) in [5.74, 6) is -0.293. The average molecular weight is 431 g/mol. The van der Waals surface area contributed by atoms with Crippen molar-refractivity contribution in [2.45, 2.75) is 25.0 Å². The van der Waals surface area contributed by atoms with E-state index in [0.717, 1.165) is 37.1 Å². The second-order valence-electron chi connectivity index (χ2n) is 7.28. The molecule has 6 heteroatoms. The van der Waals surface area contributed by atoms with Crippen LogP contribution in [0.3, 0.4) is 0 Å². The maximum absolute atomic E-state index is 13.5. The number of likely N-dealkylation sites (tertiary alicyclic amines) is 1. The van der Waals surface area contributed by atoms with Gasteiger partial charge in [0.1, 0.15) is 11.9 Å². The highest BCUT2D eigenvalue weighted by Gasteiger charge is 2.32. The molecule has 0 bridgehead atoms. The number of halogens is 3. The summed E-state index contributed by atoms with van der Waals surface area (Å²) in [6.07, 6.45) is 2.99. The summed E-state index contributed by atoms with van der Waals surface area (Å²) < 4.78 is 13.5. The lowest BCUT2D eigenvalue weighted by Gasteiger charge is -2.33. The first-order valence-corrected chi connectivity index (χ1v) is 10.4. The van der Waals surface area contributed by atoms with Crippen LogP contribution in [0.5, 0.6) is 0 Å². The van der Waals surface area contributed by atoms with Gasteiger partial charge in [0.05, 0.1) is 11.7 Å². The van der Waals surface area contributed by atoms with Crippen LogP contribution in [-0.4, -0.2) is 28.1 Å². The lowest BCUT2D eigenvalue weighted by Crippen LogP contribution is -2.31. The molecule has 1 fully saturated rings. The fourth-order valence-corrected chi connectivity index (χ4v) is 4.56. The number of rotatable bonds is 5. The number of benzene rings is 2. The van der Waals surface area contributed by atoms with Crippen LogP contribution in [0.4, 0.5) is 4.39 Å². The molecule has 0 saturated carbocycles. The molecule has 2 atom stereocenters. The minimum atomic E-state index is -0.847. The molecule has 0 radical (unpaired) electrons. The minimum Gasteiger partial charge on any atom is -0.386 e. The molecule has 1 aromatic heterocycles. The number of nitrogens with zero attached hydrogens (tertiary/aromatic N) is 2. The van der Waals surface area contributed by atoms with Crippen LogP contribution in [0, 0.1) is 5.82 Å². The van der Waals surface area contributed by atoms with Gasteiger partial charge in [-0.15, -0.1) is 0 Å². The topological polar surface area (TPSA) is 36.4 Å². The highest BCUT2D eigenvalue weighted by Crippen LogP contribution is 2.40. The van der Waals surface area contributed by atoms with Crippen LogP contribution in [0.25, 0.3) is 11.3 Å².